The average Bonchev–Trinajstić information content (AvgIpc) is 2.84. The molecule has 0 atom stereocenters. The fourth-order valence-corrected chi connectivity index (χ4v) is 2.98. The van der Waals surface area contributed by atoms with Crippen LogP contribution in [0.1, 0.15) is 16.8 Å². The summed E-state index contributed by atoms with van der Waals surface area (Å²) in [6.07, 6.45) is 3.37. The first kappa shape index (κ1) is 15.1. The van der Waals surface area contributed by atoms with Gasteiger partial charge in [-0.3, -0.25) is 0 Å². The summed E-state index contributed by atoms with van der Waals surface area (Å²) in [6, 6.07) is 1.81. The number of anilines is 1. The van der Waals surface area contributed by atoms with Gasteiger partial charge in [-0.15, -0.1) is 0 Å². The lowest BCUT2D eigenvalue weighted by Crippen LogP contribution is -2.34. The topological polar surface area (TPSA) is 83.7 Å². The Morgan fingerprint density at radius 2 is 2.14 bits per heavy atom. The van der Waals surface area contributed by atoms with E-state index in [1.54, 1.807) is 6.20 Å². The van der Waals surface area contributed by atoms with Crippen molar-refractivity contribution in [2.45, 2.75) is 20.4 Å². The van der Waals surface area contributed by atoms with Crippen molar-refractivity contribution in [2.75, 3.05) is 5.73 Å². The van der Waals surface area contributed by atoms with Gasteiger partial charge in [0.2, 0.25) is 11.6 Å². The molecule has 6 nitrogen and oxygen atoms in total. The zero-order valence-corrected chi connectivity index (χ0v) is 14.3. The maximum atomic E-state index is 12.2. The number of fused-ring (bicyclic) bond motifs is 1. The number of rotatable bonds is 2. The van der Waals surface area contributed by atoms with Crippen LogP contribution in [0, 0.1) is 19.1 Å². The summed E-state index contributed by atoms with van der Waals surface area (Å²) in [6.45, 7) is 4.15. The van der Waals surface area contributed by atoms with Crippen LogP contribution in [0.25, 0.3) is 11.0 Å². The highest BCUT2D eigenvalue weighted by Crippen LogP contribution is 2.25. The van der Waals surface area contributed by atoms with Gasteiger partial charge in [0.15, 0.2) is 6.20 Å². The molecule has 0 amide bonds. The zero-order valence-electron chi connectivity index (χ0n) is 12.0. The van der Waals surface area contributed by atoms with E-state index in [-0.39, 0.29) is 5.95 Å². The fourth-order valence-electron chi connectivity index (χ4n) is 2.42. The largest absolute Gasteiger partial charge is 0.618 e. The van der Waals surface area contributed by atoms with E-state index in [0.717, 1.165) is 20.3 Å². The lowest BCUT2D eigenvalue weighted by atomic mass is 10.1. The Morgan fingerprint density at radius 3 is 2.86 bits per heavy atom. The zero-order chi connectivity index (χ0) is 16.0. The first-order valence-corrected chi connectivity index (χ1v) is 7.71. The summed E-state index contributed by atoms with van der Waals surface area (Å²) in [5.74, 6) is 0.106. The molecule has 22 heavy (non-hydrogen) atoms. The van der Waals surface area contributed by atoms with E-state index in [1.165, 1.54) is 0 Å². The number of aryl methyl sites for hydroxylation is 1. The van der Waals surface area contributed by atoms with Crippen molar-refractivity contribution in [1.29, 1.82) is 0 Å². The van der Waals surface area contributed by atoms with E-state index in [4.69, 9.17) is 17.3 Å². The lowest BCUT2D eigenvalue weighted by molar-refractivity contribution is -0.615. The molecule has 0 unspecified atom stereocenters. The van der Waals surface area contributed by atoms with Crippen molar-refractivity contribution in [3.05, 3.63) is 50.1 Å². The summed E-state index contributed by atoms with van der Waals surface area (Å²) in [5, 5.41) is 13.2. The summed E-state index contributed by atoms with van der Waals surface area (Å²) < 4.78 is 3.64. The van der Waals surface area contributed by atoms with Gasteiger partial charge in [0, 0.05) is 21.8 Å². The van der Waals surface area contributed by atoms with Crippen LogP contribution in [0.3, 0.4) is 0 Å². The van der Waals surface area contributed by atoms with E-state index < -0.39 is 0 Å². The summed E-state index contributed by atoms with van der Waals surface area (Å²) in [7, 11) is 0. The molecule has 0 saturated heterocycles. The van der Waals surface area contributed by atoms with E-state index in [0.29, 0.717) is 28.4 Å². The Kier molecular flexibility index (Phi) is 3.70. The van der Waals surface area contributed by atoms with Crippen molar-refractivity contribution < 1.29 is 4.73 Å². The van der Waals surface area contributed by atoms with Crippen LogP contribution in [0.4, 0.5) is 5.95 Å². The molecule has 3 aromatic heterocycles. The molecule has 3 aromatic rings. The Labute approximate surface area is 140 Å². The molecule has 0 fully saturated rings. The third-order valence-corrected chi connectivity index (χ3v) is 5.10. The van der Waals surface area contributed by atoms with Gasteiger partial charge >= 0.3 is 0 Å². The van der Waals surface area contributed by atoms with E-state index >= 15 is 0 Å². The minimum atomic E-state index is 0.106. The highest BCUT2D eigenvalue weighted by atomic mass is 79.9. The second-order valence-corrected chi connectivity index (χ2v) is 6.23. The van der Waals surface area contributed by atoms with Gasteiger partial charge < -0.3 is 15.5 Å². The van der Waals surface area contributed by atoms with Crippen LogP contribution >= 0.6 is 27.5 Å². The number of aromatic nitrogens is 4. The third-order valence-electron chi connectivity index (χ3n) is 3.59. The molecule has 0 aliphatic rings. The SMILES string of the molecule is Cc1c[n+]([O-])c(Cn2ccc3c(Cl)nc(N)nc32)c(C)c1Br. The van der Waals surface area contributed by atoms with Crippen molar-refractivity contribution in [1.82, 2.24) is 14.5 Å². The third kappa shape index (κ3) is 2.40. The molecular weight excluding hydrogens is 370 g/mol. The predicted molar refractivity (Wildman–Crippen MR) is 88.6 cm³/mol. The maximum absolute atomic E-state index is 12.2. The highest BCUT2D eigenvalue weighted by Gasteiger charge is 2.18. The number of pyridine rings is 1. The van der Waals surface area contributed by atoms with Gasteiger partial charge in [-0.1, -0.05) is 11.6 Å². The number of halogens is 2. The van der Waals surface area contributed by atoms with E-state index in [2.05, 4.69) is 25.9 Å². The Hall–Kier alpha value is -1.86. The van der Waals surface area contributed by atoms with Gasteiger partial charge in [0.05, 0.1) is 5.39 Å². The van der Waals surface area contributed by atoms with Crippen LogP contribution in [-0.4, -0.2) is 14.5 Å². The van der Waals surface area contributed by atoms with Crippen LogP contribution < -0.4 is 10.5 Å². The fraction of sp³-hybridized carbons (Fsp3) is 0.214. The van der Waals surface area contributed by atoms with Crippen molar-refractivity contribution in [2.24, 2.45) is 0 Å². The average molecular weight is 383 g/mol. The molecule has 0 spiro atoms. The summed E-state index contributed by atoms with van der Waals surface area (Å²) >= 11 is 9.58. The van der Waals surface area contributed by atoms with Crippen molar-refractivity contribution in [3.63, 3.8) is 0 Å². The van der Waals surface area contributed by atoms with Gasteiger partial charge in [0.1, 0.15) is 17.3 Å². The number of hydrogen-bond donors (Lipinski definition) is 1. The smallest absolute Gasteiger partial charge is 0.223 e. The second kappa shape index (κ2) is 5.40. The first-order chi connectivity index (χ1) is 10.4. The predicted octanol–water partition coefficient (Wildman–Crippen LogP) is 2.73. The molecule has 0 bridgehead atoms. The molecule has 0 saturated carbocycles. The van der Waals surface area contributed by atoms with Gasteiger partial charge in [-0.05, 0) is 35.8 Å². The lowest BCUT2D eigenvalue weighted by Gasteiger charge is -2.12. The van der Waals surface area contributed by atoms with Crippen LogP contribution in [0.15, 0.2) is 22.9 Å². The van der Waals surface area contributed by atoms with Crippen molar-refractivity contribution in [3.8, 4) is 0 Å². The Balaban J connectivity index is 2.14. The summed E-state index contributed by atoms with van der Waals surface area (Å²) in [4.78, 5) is 8.14. The quantitative estimate of drug-likeness (QED) is 0.419. The molecule has 0 aliphatic carbocycles. The molecule has 3 rings (SSSR count). The molecule has 8 heteroatoms. The minimum absolute atomic E-state index is 0.106. The van der Waals surface area contributed by atoms with Crippen LogP contribution in [-0.2, 0) is 6.54 Å². The molecule has 0 aromatic carbocycles. The number of nitrogen functional groups attached to an aromatic ring is 1. The normalized spacial score (nSPS) is 11.3. The van der Waals surface area contributed by atoms with Gasteiger partial charge in [-0.2, -0.15) is 9.71 Å². The molecule has 0 radical (unpaired) electrons. The standard InChI is InChI=1S/C14H13BrClN5O/c1-7-5-21(22)10(8(2)11(7)15)6-20-4-3-9-12(16)18-14(17)19-13(9)20/h3-5H,6H2,1-2H3,(H2,17,18,19). The van der Waals surface area contributed by atoms with Crippen molar-refractivity contribution >= 4 is 44.5 Å². The first-order valence-electron chi connectivity index (χ1n) is 6.54. The van der Waals surface area contributed by atoms with Crippen LogP contribution in [0.5, 0.6) is 0 Å². The Morgan fingerprint density at radius 1 is 1.41 bits per heavy atom. The molecule has 2 N–H and O–H groups in total. The van der Waals surface area contributed by atoms with E-state index in [1.807, 2.05) is 30.7 Å². The maximum Gasteiger partial charge on any atom is 0.223 e. The molecule has 114 valence electrons. The highest BCUT2D eigenvalue weighted by molar-refractivity contribution is 9.10. The number of hydrogen-bond acceptors (Lipinski definition) is 4. The monoisotopic (exact) mass is 381 g/mol. The molecule has 3 heterocycles. The minimum Gasteiger partial charge on any atom is -0.618 e. The summed E-state index contributed by atoms with van der Waals surface area (Å²) in [5.41, 5.74) is 8.67. The molecular formula is C14H13BrClN5O. The van der Waals surface area contributed by atoms with Crippen LogP contribution in [0.2, 0.25) is 5.15 Å². The number of nitrogens with two attached hydrogens (primary N) is 1. The number of nitrogens with zero attached hydrogens (tertiary/aromatic N) is 4. The van der Waals surface area contributed by atoms with Gasteiger partial charge in [-0.25, -0.2) is 4.98 Å². The molecule has 0 aliphatic heterocycles. The van der Waals surface area contributed by atoms with Gasteiger partial charge in [0.25, 0.3) is 0 Å². The van der Waals surface area contributed by atoms with E-state index in [9.17, 15) is 5.21 Å². The Bertz CT molecular complexity index is 893. The second-order valence-electron chi connectivity index (χ2n) is 5.08.